The van der Waals surface area contributed by atoms with Crippen molar-refractivity contribution in [3.05, 3.63) is 262 Å². The van der Waals surface area contributed by atoms with Gasteiger partial charge in [0.2, 0.25) is 11.8 Å². The summed E-state index contributed by atoms with van der Waals surface area (Å²) in [5.74, 6) is -2.25. The molecule has 1 unspecified atom stereocenters. The van der Waals surface area contributed by atoms with E-state index in [4.69, 9.17) is 50.4 Å². The number of benzene rings is 13. The molecule has 0 aliphatic carbocycles. The number of nitrogens with one attached hydrogen (secondary N) is 7. The normalized spacial score (nSPS) is 11.2. The number of urea groups is 1. The number of carbonyl (C=O) groups is 8. The predicted octanol–water partition coefficient (Wildman–Crippen LogP) is 22.7. The van der Waals surface area contributed by atoms with Crippen LogP contribution < -0.4 is 70.9 Å². The third kappa shape index (κ3) is 32.1. The Hall–Kier alpha value is -16.3. The second-order valence-corrected chi connectivity index (χ2v) is 36.3. The first-order valence-corrected chi connectivity index (χ1v) is 49.2. The molecular formula is C108H109ClN10O26S2-2. The van der Waals surface area contributed by atoms with E-state index in [-0.39, 0.29) is 102 Å². The first kappa shape index (κ1) is 111. The van der Waals surface area contributed by atoms with Crippen molar-refractivity contribution < 1.29 is 125 Å². The number of halogens is 1. The van der Waals surface area contributed by atoms with Crippen molar-refractivity contribution in [1.82, 2.24) is 5.32 Å². The number of anilines is 6. The van der Waals surface area contributed by atoms with Gasteiger partial charge in [-0.3, -0.25) is 33.8 Å². The van der Waals surface area contributed by atoms with Crippen molar-refractivity contribution in [3.8, 4) is 75.1 Å². The van der Waals surface area contributed by atoms with Crippen LogP contribution >= 0.6 is 23.6 Å². The third-order valence-electron chi connectivity index (χ3n) is 22.4. The number of hydrogen-bond acceptors (Lipinski definition) is 29. The lowest BCUT2D eigenvalue weighted by atomic mass is 10.0. The molecule has 39 heteroatoms. The number of ether oxygens (including phenoxy) is 7. The summed E-state index contributed by atoms with van der Waals surface area (Å²) in [6.45, 7) is 16.0. The van der Waals surface area contributed by atoms with Crippen LogP contribution in [0, 0.1) is 45.9 Å². The molecule has 13 rings (SSSR count). The second-order valence-electron chi connectivity index (χ2n) is 33.8. The van der Waals surface area contributed by atoms with Crippen molar-refractivity contribution in [2.24, 2.45) is 10.2 Å². The highest BCUT2D eigenvalue weighted by molar-refractivity contribution is 7.94. The van der Waals surface area contributed by atoms with E-state index in [2.05, 4.69) is 74.5 Å². The first-order chi connectivity index (χ1) is 70.5. The molecule has 12 N–H and O–H groups in total. The smallest absolute Gasteiger partial charge is 0.343 e. The highest BCUT2D eigenvalue weighted by Gasteiger charge is 2.28. The molecule has 0 aliphatic rings. The fraction of sp³-hybridized carbons (Fsp3) is 0.250. The van der Waals surface area contributed by atoms with Crippen molar-refractivity contribution in [1.29, 1.82) is 5.26 Å². The van der Waals surface area contributed by atoms with Crippen molar-refractivity contribution in [2.75, 3.05) is 65.4 Å². The van der Waals surface area contributed by atoms with Crippen LogP contribution in [0.25, 0.3) is 32.3 Å². The lowest BCUT2D eigenvalue weighted by Gasteiger charge is -2.21. The van der Waals surface area contributed by atoms with Gasteiger partial charge in [0.1, 0.15) is 85.1 Å². The maximum Gasteiger partial charge on any atom is 0.343 e. The Kier molecular flexibility index (Phi) is 40.7. The summed E-state index contributed by atoms with van der Waals surface area (Å²) in [5.41, 5.74) is 6.38. The van der Waals surface area contributed by atoms with Crippen LogP contribution in [0.1, 0.15) is 158 Å². The maximum atomic E-state index is 13.6. The number of aromatic hydroxyl groups is 4. The minimum Gasteiger partial charge on any atom is -0.744 e. The maximum absolute atomic E-state index is 13.6. The van der Waals surface area contributed by atoms with E-state index in [1.54, 1.807) is 78.9 Å². The Morgan fingerprint density at radius 2 is 1.10 bits per heavy atom. The van der Waals surface area contributed by atoms with Gasteiger partial charge in [0.05, 0.1) is 98.7 Å². The zero-order valence-corrected chi connectivity index (χ0v) is 84.0. The zero-order chi connectivity index (χ0) is 106. The number of fused-ring (bicyclic) bond motifs is 3. The largest absolute Gasteiger partial charge is 0.744 e. The molecule has 0 aliphatic heterocycles. The van der Waals surface area contributed by atoms with E-state index in [9.17, 15) is 77.0 Å². The SMILES string of the molecule is CC(=O)Nc1cc(S(=O)(=O)[O-])cc2cc(SOO[O-])c(N=Nc3ccc(Oc4cc(C(=O)NCCCCOc5ccc(C)cc5C)c(O)c5ccccc45)cc3)c(O)c12.CCCCC(Oc1ccc(C)cc1C)C(=O)Nc1cc(O)c(NC(=O)Nc2ccc(Cl)c(C#N)c2)cc1OCC(=O)OC.CCCCCCCCOc1ccc(C)cc1NC(=O)c1cc(Oc2ccc(NC(=O)CCC(=O)O)cc2)c2ccccc2c1O. The van der Waals surface area contributed by atoms with Gasteiger partial charge in [0.25, 0.3) is 17.7 Å². The summed E-state index contributed by atoms with van der Waals surface area (Å²) in [4.78, 5) is 98.7. The average Bonchev–Trinajstić information content (AvgIpc) is 0.755. The highest BCUT2D eigenvalue weighted by atomic mass is 35.5. The fourth-order valence-electron chi connectivity index (χ4n) is 15.0. The lowest BCUT2D eigenvalue weighted by molar-refractivity contribution is -0.777. The molecule has 0 bridgehead atoms. The van der Waals surface area contributed by atoms with Gasteiger partial charge in [-0.15, -0.1) is 5.11 Å². The predicted molar refractivity (Wildman–Crippen MR) is 554 cm³/mol. The summed E-state index contributed by atoms with van der Waals surface area (Å²) in [6, 6.07) is 58.1. The Balaban J connectivity index is 0.000000213. The van der Waals surface area contributed by atoms with Crippen molar-refractivity contribution >= 4 is 159 Å². The summed E-state index contributed by atoms with van der Waals surface area (Å²) < 4.78 is 80.5. The number of hydrogen-bond donors (Lipinski definition) is 12. The minimum atomic E-state index is -4.99. The molecule has 7 amide bonds. The Morgan fingerprint density at radius 3 is 1.69 bits per heavy atom. The van der Waals surface area contributed by atoms with Gasteiger partial charge in [0.15, 0.2) is 18.5 Å². The lowest BCUT2D eigenvalue weighted by Crippen LogP contribution is -2.33. The number of carboxylic acid groups (broad SMARTS) is 1. The molecule has 13 aromatic rings. The van der Waals surface area contributed by atoms with Crippen LogP contribution in [0.3, 0.4) is 0 Å². The number of phenolic OH excluding ortho intramolecular Hbond substituents is 4. The third-order valence-corrected chi connectivity index (χ3v) is 24.2. The van der Waals surface area contributed by atoms with Gasteiger partial charge in [-0.25, -0.2) is 18.0 Å². The number of amides is 7. The van der Waals surface area contributed by atoms with E-state index in [0.717, 1.165) is 78.3 Å². The number of aliphatic carboxylic acids is 1. The molecule has 0 saturated heterocycles. The number of phenols is 4. The Morgan fingerprint density at radius 1 is 0.524 bits per heavy atom. The number of nitrogens with zero attached hydrogens (tertiary/aromatic N) is 3. The summed E-state index contributed by atoms with van der Waals surface area (Å²) in [7, 11) is -3.80. The molecule has 0 saturated carbocycles. The number of azo groups is 1. The number of rotatable bonds is 44. The summed E-state index contributed by atoms with van der Waals surface area (Å²) in [6.07, 6.45) is 8.95. The Bertz CT molecular complexity index is 7170. The van der Waals surface area contributed by atoms with Gasteiger partial charge in [-0.2, -0.15) is 14.7 Å². The molecule has 147 heavy (non-hydrogen) atoms. The molecule has 0 heterocycles. The number of esters is 1. The monoisotopic (exact) mass is 2060 g/mol. The molecule has 0 radical (unpaired) electrons. The van der Waals surface area contributed by atoms with E-state index in [0.29, 0.717) is 118 Å². The Labute approximate surface area is 856 Å². The second kappa shape index (κ2) is 53.9. The number of unbranched alkanes of at least 4 members (excludes halogenated alkanes) is 7. The van der Waals surface area contributed by atoms with E-state index >= 15 is 0 Å². The molecule has 0 aromatic heterocycles. The fourth-order valence-corrected chi connectivity index (χ4v) is 16.2. The van der Waals surface area contributed by atoms with Crippen molar-refractivity contribution in [3.63, 3.8) is 0 Å². The van der Waals surface area contributed by atoms with Crippen molar-refractivity contribution in [2.45, 2.75) is 155 Å². The molecule has 0 spiro atoms. The molecule has 768 valence electrons. The number of aryl methyl sites for hydroxylation is 5. The minimum absolute atomic E-state index is 0.0160. The highest BCUT2D eigenvalue weighted by Crippen LogP contribution is 2.49. The molecule has 13 aromatic carbocycles. The molecule has 0 fully saturated rings. The van der Waals surface area contributed by atoms with Crippen LogP contribution in [0.5, 0.6) is 69.0 Å². The first-order valence-electron chi connectivity index (χ1n) is 46.6. The standard InChI is InChI=1S/C41H38N4O12S2.C36H40N2O7.C31H33ClN4O7/c1-23-10-15-34(24(2)18-23)54-17-7-6-16-42-41(49)32-22-35(30-8-4-5-9-31(30)39(32)47)55-28-13-11-27(12-14-28)44-45-38-36(58-57-56-50)20-26-19-29(59(51,52)53)21-33(43-25(3)46)37(26)40(38)48;1-3-4-5-6-7-10-21-44-31-18-13-24(2)22-30(31)38-36(43)29-23-32(27-11-8-9-12-28(27)35(29)42)45-26-16-14-25(15-17-26)37-33(39)19-20-34(40)41;1-5-6-7-27(43-26-11-8-18(2)12-19(26)3)30(39)35-24-14-25(37)23(15-28(24)42-17-29(38)41-4)36-31(40)34-21-9-10-22(32)20(13-21)16-33/h4-5,8-15,18-22,47-48,50H,6-7,16-17H2,1-3H3,(H,42,49)(H,43,46)(H,51,52,53);8-9,11-18,22-23,42H,3-7,10,19-21H2,1-2H3,(H,37,39)(H,38,43)(H,40,41);8-15,27,37H,5-7,17H2,1-4H3,(H,35,39)(H2,34,36,40)/p-2. The summed E-state index contributed by atoms with van der Waals surface area (Å²) in [5, 5.41) is 105. The van der Waals surface area contributed by atoms with Crippen LogP contribution in [0.4, 0.5) is 50.3 Å². The number of nitriles is 1. The van der Waals surface area contributed by atoms with Gasteiger partial charge in [-0.1, -0.05) is 154 Å². The van der Waals surface area contributed by atoms with Gasteiger partial charge >= 0.3 is 18.0 Å². The van der Waals surface area contributed by atoms with Gasteiger partial charge in [-0.05, 0) is 210 Å². The van der Waals surface area contributed by atoms with E-state index < -0.39 is 86.7 Å². The van der Waals surface area contributed by atoms with Gasteiger partial charge < -0.3 is 106 Å². The summed E-state index contributed by atoms with van der Waals surface area (Å²) >= 11 is 6.27. The van der Waals surface area contributed by atoms with Crippen LogP contribution in [-0.2, 0) is 48.2 Å². The van der Waals surface area contributed by atoms with Crippen LogP contribution in [0.2, 0.25) is 5.02 Å². The van der Waals surface area contributed by atoms with E-state index in [1.165, 1.54) is 93.5 Å². The van der Waals surface area contributed by atoms with Gasteiger partial charge in [0, 0.05) is 70.3 Å². The number of carboxylic acids is 1. The quantitative estimate of drug-likeness (QED) is 0.00247. The molecular weight excluding hydrogens is 1950 g/mol. The molecule has 1 atom stereocenters. The van der Waals surface area contributed by atoms with Crippen LogP contribution in [-0.4, -0.2) is 126 Å². The zero-order valence-electron chi connectivity index (χ0n) is 81.7. The molecule has 36 nitrogen and oxygen atoms in total. The topological polar surface area (TPSA) is 534 Å². The van der Waals surface area contributed by atoms with Crippen LogP contribution in [0.15, 0.2) is 232 Å². The number of carbonyl (C=O) groups excluding carboxylic acids is 7. The average molecular weight is 2060 g/mol. The number of methoxy groups -OCH3 is 1. The van der Waals surface area contributed by atoms with E-state index in [1.807, 2.05) is 102 Å².